The molecule has 0 atom stereocenters. The van der Waals surface area contributed by atoms with Crippen molar-refractivity contribution in [3.8, 4) is 0 Å². The van der Waals surface area contributed by atoms with Crippen LogP contribution in [-0.2, 0) is 20.6 Å². The van der Waals surface area contributed by atoms with Gasteiger partial charge in [0.2, 0.25) is 5.95 Å². The molecular weight excluding hydrogens is 245 g/mol. The summed E-state index contributed by atoms with van der Waals surface area (Å²) in [4.78, 5) is 0. The number of halogens is 2. The van der Waals surface area contributed by atoms with Crippen LogP contribution in [0.15, 0.2) is 12.4 Å². The lowest BCUT2D eigenvalue weighted by molar-refractivity contribution is 0.496. The average Bonchev–Trinajstić information content (AvgIpc) is 2.73. The molecule has 0 bridgehead atoms. The molecule has 0 aromatic carbocycles. The molecule has 0 aliphatic rings. The molecule has 0 fully saturated rings. The normalized spacial score (nSPS) is 10.1. The van der Waals surface area contributed by atoms with Crippen molar-refractivity contribution in [2.75, 3.05) is 5.32 Å². The van der Waals surface area contributed by atoms with E-state index in [2.05, 4.69) is 15.5 Å². The van der Waals surface area contributed by atoms with Gasteiger partial charge in [0.05, 0.1) is 12.4 Å². The third-order valence-corrected chi connectivity index (χ3v) is 2.50. The molecule has 0 aliphatic heterocycles. The summed E-state index contributed by atoms with van der Waals surface area (Å²) in [5.41, 5.74) is 1.58. The van der Waals surface area contributed by atoms with Gasteiger partial charge in [0, 0.05) is 31.8 Å². The molecule has 0 amide bonds. The number of nitrogens with zero attached hydrogens (tertiary/aromatic N) is 4. The fourth-order valence-electron chi connectivity index (χ4n) is 1.57. The van der Waals surface area contributed by atoms with E-state index in [9.17, 15) is 4.39 Å². The van der Waals surface area contributed by atoms with Gasteiger partial charge in [0.15, 0.2) is 0 Å². The third-order valence-electron chi connectivity index (χ3n) is 2.50. The van der Waals surface area contributed by atoms with E-state index in [0.717, 1.165) is 11.4 Å². The minimum Gasteiger partial charge on any atom is -0.366 e. The van der Waals surface area contributed by atoms with Crippen LogP contribution in [0.3, 0.4) is 0 Å². The summed E-state index contributed by atoms with van der Waals surface area (Å²) in [7, 11) is 3.42. The lowest BCUT2D eigenvalue weighted by Crippen LogP contribution is -2.07. The smallest absolute Gasteiger partial charge is 0.216 e. The van der Waals surface area contributed by atoms with E-state index >= 15 is 0 Å². The molecule has 7 heteroatoms. The lowest BCUT2D eigenvalue weighted by atomic mass is 10.3. The van der Waals surface area contributed by atoms with E-state index in [1.54, 1.807) is 17.9 Å². The molecule has 0 spiro atoms. The Balaban J connectivity index is 0.00000144. The zero-order chi connectivity index (χ0) is 11.7. The van der Waals surface area contributed by atoms with Crippen molar-refractivity contribution in [3.05, 3.63) is 29.5 Å². The number of hydrogen-bond donors (Lipinski definition) is 1. The van der Waals surface area contributed by atoms with Crippen molar-refractivity contribution in [2.45, 2.75) is 13.5 Å². The number of hydrogen-bond acceptors (Lipinski definition) is 3. The second-order valence-electron chi connectivity index (χ2n) is 3.74. The summed E-state index contributed by atoms with van der Waals surface area (Å²) < 4.78 is 16.4. The van der Waals surface area contributed by atoms with Crippen molar-refractivity contribution >= 4 is 18.2 Å². The third kappa shape index (κ3) is 2.58. The van der Waals surface area contributed by atoms with E-state index < -0.39 is 0 Å². The number of nitrogens with one attached hydrogen (secondary N) is 1. The number of aryl methyl sites for hydroxylation is 3. The van der Waals surface area contributed by atoms with Gasteiger partial charge < -0.3 is 5.32 Å². The van der Waals surface area contributed by atoms with Gasteiger partial charge in [-0.2, -0.15) is 14.6 Å². The Labute approximate surface area is 105 Å². The Morgan fingerprint density at radius 2 is 1.88 bits per heavy atom. The molecule has 2 aromatic heterocycles. The quantitative estimate of drug-likeness (QED) is 0.912. The summed E-state index contributed by atoms with van der Waals surface area (Å²) >= 11 is 0. The zero-order valence-electron chi connectivity index (χ0n) is 9.94. The highest BCUT2D eigenvalue weighted by Crippen LogP contribution is 2.14. The maximum absolute atomic E-state index is 13.4. The van der Waals surface area contributed by atoms with Crippen molar-refractivity contribution in [1.82, 2.24) is 19.6 Å². The fourth-order valence-corrected chi connectivity index (χ4v) is 1.57. The predicted molar refractivity (Wildman–Crippen MR) is 65.7 cm³/mol. The molecule has 0 aliphatic carbocycles. The maximum atomic E-state index is 13.4. The topological polar surface area (TPSA) is 47.7 Å². The van der Waals surface area contributed by atoms with Gasteiger partial charge in [-0.15, -0.1) is 12.4 Å². The Morgan fingerprint density at radius 3 is 2.35 bits per heavy atom. The summed E-state index contributed by atoms with van der Waals surface area (Å²) in [6, 6.07) is 0. The molecule has 5 nitrogen and oxygen atoms in total. The average molecular weight is 260 g/mol. The minimum absolute atomic E-state index is 0. The summed E-state index contributed by atoms with van der Waals surface area (Å²) in [6.45, 7) is 2.36. The number of aromatic nitrogens is 4. The summed E-state index contributed by atoms with van der Waals surface area (Å²) in [5.74, 6) is 0.579. The minimum atomic E-state index is -0.313. The van der Waals surface area contributed by atoms with Crippen LogP contribution in [0.4, 0.5) is 10.2 Å². The fraction of sp³-hybridized carbons (Fsp3) is 0.400. The number of anilines is 1. The SMILES string of the molecule is Cc1cnn(C)c1NCc1cnn(C)c1F.Cl. The van der Waals surface area contributed by atoms with Gasteiger partial charge in [-0.1, -0.05) is 0 Å². The molecular formula is C10H15ClFN5. The Hall–Kier alpha value is -1.56. The number of rotatable bonds is 3. The first-order valence-corrected chi connectivity index (χ1v) is 4.98. The van der Waals surface area contributed by atoms with Crippen LogP contribution in [-0.4, -0.2) is 19.6 Å². The van der Waals surface area contributed by atoms with E-state index in [1.807, 2.05) is 14.0 Å². The highest BCUT2D eigenvalue weighted by Gasteiger charge is 2.09. The second-order valence-corrected chi connectivity index (χ2v) is 3.74. The van der Waals surface area contributed by atoms with Gasteiger partial charge >= 0.3 is 0 Å². The summed E-state index contributed by atoms with van der Waals surface area (Å²) in [6.07, 6.45) is 3.29. The van der Waals surface area contributed by atoms with Crippen LogP contribution < -0.4 is 5.32 Å². The van der Waals surface area contributed by atoms with E-state index in [0.29, 0.717) is 12.1 Å². The summed E-state index contributed by atoms with van der Waals surface area (Å²) in [5, 5.41) is 11.1. The Bertz CT molecular complexity index is 485. The largest absolute Gasteiger partial charge is 0.366 e. The van der Waals surface area contributed by atoms with Gasteiger partial charge in [0.25, 0.3) is 0 Å². The highest BCUT2D eigenvalue weighted by atomic mass is 35.5. The molecule has 17 heavy (non-hydrogen) atoms. The maximum Gasteiger partial charge on any atom is 0.216 e. The van der Waals surface area contributed by atoms with Crippen LogP contribution in [0.2, 0.25) is 0 Å². The highest BCUT2D eigenvalue weighted by molar-refractivity contribution is 5.85. The van der Waals surface area contributed by atoms with Crippen LogP contribution >= 0.6 is 12.4 Å². The van der Waals surface area contributed by atoms with Crippen LogP contribution in [0.5, 0.6) is 0 Å². The first-order chi connectivity index (χ1) is 7.59. The molecule has 0 saturated heterocycles. The molecule has 0 saturated carbocycles. The van der Waals surface area contributed by atoms with Gasteiger partial charge in [-0.3, -0.25) is 4.68 Å². The molecule has 2 rings (SSSR count). The predicted octanol–water partition coefficient (Wildman–Crippen LogP) is 1.64. The molecule has 0 radical (unpaired) electrons. The standard InChI is InChI=1S/C10H14FN5.ClH/c1-7-4-13-16(3)10(7)12-5-8-6-14-15(2)9(8)11;/h4,6,12H,5H2,1-3H3;1H. The van der Waals surface area contributed by atoms with Crippen molar-refractivity contribution in [2.24, 2.45) is 14.1 Å². The monoisotopic (exact) mass is 259 g/mol. The first-order valence-electron chi connectivity index (χ1n) is 4.98. The molecule has 1 N–H and O–H groups in total. The lowest BCUT2D eigenvalue weighted by Gasteiger charge is -2.06. The van der Waals surface area contributed by atoms with Crippen LogP contribution in [0.25, 0.3) is 0 Å². The van der Waals surface area contributed by atoms with E-state index in [1.165, 1.54) is 10.9 Å². The van der Waals surface area contributed by atoms with Crippen molar-refractivity contribution in [1.29, 1.82) is 0 Å². The molecule has 2 aromatic rings. The van der Waals surface area contributed by atoms with Crippen LogP contribution in [0.1, 0.15) is 11.1 Å². The van der Waals surface area contributed by atoms with Gasteiger partial charge in [-0.05, 0) is 6.92 Å². The van der Waals surface area contributed by atoms with E-state index in [4.69, 9.17) is 0 Å². The van der Waals surface area contributed by atoms with Crippen LogP contribution in [0, 0.1) is 12.9 Å². The first kappa shape index (κ1) is 13.5. The van der Waals surface area contributed by atoms with Crippen molar-refractivity contribution in [3.63, 3.8) is 0 Å². The van der Waals surface area contributed by atoms with Crippen molar-refractivity contribution < 1.29 is 4.39 Å². The van der Waals surface area contributed by atoms with E-state index in [-0.39, 0.29) is 18.4 Å². The molecule has 0 unspecified atom stereocenters. The molecule has 94 valence electrons. The van der Waals surface area contributed by atoms with Gasteiger partial charge in [-0.25, -0.2) is 4.68 Å². The zero-order valence-corrected chi connectivity index (χ0v) is 10.8. The Kier molecular flexibility index (Phi) is 4.11. The Morgan fingerprint density at radius 1 is 1.24 bits per heavy atom. The molecule has 2 heterocycles. The second kappa shape index (κ2) is 5.18. The van der Waals surface area contributed by atoms with Gasteiger partial charge in [0.1, 0.15) is 5.82 Å².